The summed E-state index contributed by atoms with van der Waals surface area (Å²) in [5, 5.41) is 22.8. The Labute approximate surface area is 190 Å². The van der Waals surface area contributed by atoms with Gasteiger partial charge in [-0.05, 0) is 46.8 Å². The first kappa shape index (κ1) is 20.7. The Hall–Kier alpha value is -3.19. The second-order valence-corrected chi connectivity index (χ2v) is 9.12. The molecular formula is C26H24N2O3S. The maximum atomic E-state index is 10.8. The van der Waals surface area contributed by atoms with Crippen molar-refractivity contribution >= 4 is 32.4 Å². The summed E-state index contributed by atoms with van der Waals surface area (Å²) in [6.45, 7) is 3.04. The molecule has 5 aromatic rings. The summed E-state index contributed by atoms with van der Waals surface area (Å²) in [7, 11) is 0. The molecule has 6 heteroatoms. The van der Waals surface area contributed by atoms with Crippen molar-refractivity contribution in [2.75, 3.05) is 13.2 Å². The summed E-state index contributed by atoms with van der Waals surface area (Å²) >= 11 is 1.60. The highest BCUT2D eigenvalue weighted by molar-refractivity contribution is 7.17. The molecule has 0 bridgehead atoms. The van der Waals surface area contributed by atoms with Crippen molar-refractivity contribution < 1.29 is 14.4 Å². The predicted molar refractivity (Wildman–Crippen MR) is 129 cm³/mol. The van der Waals surface area contributed by atoms with Gasteiger partial charge < -0.3 is 19.7 Å². The van der Waals surface area contributed by atoms with E-state index < -0.39 is 5.60 Å². The van der Waals surface area contributed by atoms with E-state index in [1.165, 1.54) is 16.3 Å². The van der Waals surface area contributed by atoms with Crippen molar-refractivity contribution in [2.24, 2.45) is 0 Å². The fraction of sp³-hybridized carbons (Fsp3) is 0.192. The van der Waals surface area contributed by atoms with E-state index in [1.807, 2.05) is 47.8 Å². The summed E-state index contributed by atoms with van der Waals surface area (Å²) in [5.74, 6) is 0.685. The fourth-order valence-electron chi connectivity index (χ4n) is 3.80. The number of benzene rings is 3. The molecule has 0 radical (unpaired) electrons. The third-order valence-electron chi connectivity index (χ3n) is 5.44. The van der Waals surface area contributed by atoms with Gasteiger partial charge in [-0.3, -0.25) is 0 Å². The van der Waals surface area contributed by atoms with Gasteiger partial charge in [-0.15, -0.1) is 11.3 Å². The summed E-state index contributed by atoms with van der Waals surface area (Å²) in [6, 6.07) is 24.2. The number of aromatic nitrogens is 1. The molecule has 1 atom stereocenters. The topological polar surface area (TPSA) is 67.5 Å². The van der Waals surface area contributed by atoms with Crippen LogP contribution in [0.2, 0.25) is 0 Å². The van der Waals surface area contributed by atoms with Gasteiger partial charge >= 0.3 is 0 Å². The third kappa shape index (κ3) is 4.39. The van der Waals surface area contributed by atoms with Crippen molar-refractivity contribution in [3.05, 3.63) is 83.7 Å². The van der Waals surface area contributed by atoms with E-state index in [4.69, 9.17) is 9.26 Å². The fourth-order valence-corrected chi connectivity index (χ4v) is 4.61. The Morgan fingerprint density at radius 3 is 2.84 bits per heavy atom. The lowest BCUT2D eigenvalue weighted by Crippen LogP contribution is -2.42. The quantitative estimate of drug-likeness (QED) is 0.325. The van der Waals surface area contributed by atoms with Gasteiger partial charge in [0.1, 0.15) is 28.4 Å². The summed E-state index contributed by atoms with van der Waals surface area (Å²) in [4.78, 5) is 0. The average molecular weight is 445 g/mol. The largest absolute Gasteiger partial charge is 0.491 e. The second kappa shape index (κ2) is 8.74. The lowest BCUT2D eigenvalue weighted by Gasteiger charge is -2.24. The molecule has 5 nitrogen and oxygen atoms in total. The van der Waals surface area contributed by atoms with Crippen LogP contribution in [0.3, 0.4) is 0 Å². The van der Waals surface area contributed by atoms with E-state index in [-0.39, 0.29) is 6.61 Å². The molecule has 0 fully saturated rings. The zero-order chi connectivity index (χ0) is 22.0. The zero-order valence-electron chi connectivity index (χ0n) is 17.7. The van der Waals surface area contributed by atoms with E-state index >= 15 is 0 Å². The van der Waals surface area contributed by atoms with Crippen LogP contribution in [0, 0.1) is 0 Å². The van der Waals surface area contributed by atoms with Gasteiger partial charge in [0.15, 0.2) is 5.58 Å². The van der Waals surface area contributed by atoms with E-state index in [2.05, 4.69) is 40.8 Å². The standard InChI is InChI=1S/C26H24N2O3S/c1-26(29,16-27-15-20-9-4-7-18-6-2-3-11-22(18)20)17-30-21-10-5-8-19(14-21)24-25-23(31-28-24)12-13-32-25/h2-14,27,29H,15-17H2,1H3/t26-/m0/s1. The summed E-state index contributed by atoms with van der Waals surface area (Å²) in [5.41, 5.74) is 2.72. The SMILES string of the molecule is C[C@](O)(CNCc1cccc2ccccc12)COc1cccc(-c2noc3ccsc23)c1. The molecule has 0 aliphatic carbocycles. The molecule has 2 N–H and O–H groups in total. The van der Waals surface area contributed by atoms with Crippen LogP contribution in [0.5, 0.6) is 5.75 Å². The minimum absolute atomic E-state index is 0.173. The molecule has 0 unspecified atom stereocenters. The number of fused-ring (bicyclic) bond motifs is 2. The Bertz CT molecular complexity index is 1350. The Balaban J connectivity index is 1.20. The highest BCUT2D eigenvalue weighted by atomic mass is 32.1. The molecule has 0 aliphatic rings. The highest BCUT2D eigenvalue weighted by Gasteiger charge is 2.21. The van der Waals surface area contributed by atoms with Crippen LogP contribution in [-0.4, -0.2) is 29.0 Å². The molecule has 0 saturated heterocycles. The van der Waals surface area contributed by atoms with E-state index in [9.17, 15) is 5.11 Å². The summed E-state index contributed by atoms with van der Waals surface area (Å²) < 4.78 is 12.3. The maximum Gasteiger partial charge on any atom is 0.178 e. The Morgan fingerprint density at radius 1 is 1.06 bits per heavy atom. The zero-order valence-corrected chi connectivity index (χ0v) is 18.6. The van der Waals surface area contributed by atoms with Gasteiger partial charge in [0, 0.05) is 18.7 Å². The van der Waals surface area contributed by atoms with Gasteiger partial charge in [-0.2, -0.15) is 0 Å². The van der Waals surface area contributed by atoms with Crippen LogP contribution < -0.4 is 10.1 Å². The van der Waals surface area contributed by atoms with Crippen LogP contribution in [0.1, 0.15) is 12.5 Å². The first-order chi connectivity index (χ1) is 15.6. The molecule has 162 valence electrons. The molecule has 5 rings (SSSR count). The molecule has 0 amide bonds. The number of ether oxygens (including phenoxy) is 1. The number of rotatable bonds is 8. The van der Waals surface area contributed by atoms with Crippen molar-refractivity contribution in [2.45, 2.75) is 19.1 Å². The molecule has 0 aliphatic heterocycles. The number of nitrogens with zero attached hydrogens (tertiary/aromatic N) is 1. The normalized spacial score (nSPS) is 13.4. The lowest BCUT2D eigenvalue weighted by molar-refractivity contribution is 0.0121. The minimum atomic E-state index is -1.02. The smallest absolute Gasteiger partial charge is 0.178 e. The van der Waals surface area contributed by atoms with E-state index in [0.29, 0.717) is 18.8 Å². The molecule has 32 heavy (non-hydrogen) atoms. The van der Waals surface area contributed by atoms with Gasteiger partial charge in [0.05, 0.1) is 0 Å². The molecule has 2 aromatic heterocycles. The number of aliphatic hydroxyl groups is 1. The van der Waals surface area contributed by atoms with Crippen molar-refractivity contribution in [1.82, 2.24) is 10.5 Å². The summed E-state index contributed by atoms with van der Waals surface area (Å²) in [6.07, 6.45) is 0. The molecular weight excluding hydrogens is 420 g/mol. The van der Waals surface area contributed by atoms with Crippen LogP contribution in [0.15, 0.2) is 82.7 Å². The highest BCUT2D eigenvalue weighted by Crippen LogP contribution is 2.33. The van der Waals surface area contributed by atoms with Crippen LogP contribution in [0.4, 0.5) is 0 Å². The monoisotopic (exact) mass is 444 g/mol. The van der Waals surface area contributed by atoms with E-state index in [1.54, 1.807) is 18.3 Å². The number of nitrogens with one attached hydrogen (secondary N) is 1. The Morgan fingerprint density at radius 2 is 1.91 bits per heavy atom. The number of hydrogen-bond acceptors (Lipinski definition) is 6. The van der Waals surface area contributed by atoms with Gasteiger partial charge in [0.25, 0.3) is 0 Å². The van der Waals surface area contributed by atoms with Crippen LogP contribution in [0.25, 0.3) is 32.3 Å². The van der Waals surface area contributed by atoms with Gasteiger partial charge in [0.2, 0.25) is 0 Å². The van der Waals surface area contributed by atoms with Crippen LogP contribution >= 0.6 is 11.3 Å². The van der Waals surface area contributed by atoms with E-state index in [0.717, 1.165) is 21.5 Å². The molecule has 3 aromatic carbocycles. The molecule has 0 saturated carbocycles. The van der Waals surface area contributed by atoms with Crippen LogP contribution in [-0.2, 0) is 6.54 Å². The lowest BCUT2D eigenvalue weighted by atomic mass is 10.0. The predicted octanol–water partition coefficient (Wildman–Crippen LogP) is 5.63. The minimum Gasteiger partial charge on any atom is -0.491 e. The molecule has 0 spiro atoms. The third-order valence-corrected chi connectivity index (χ3v) is 6.34. The molecule has 2 heterocycles. The van der Waals surface area contributed by atoms with Crippen molar-refractivity contribution in [3.8, 4) is 17.0 Å². The first-order valence-electron chi connectivity index (χ1n) is 10.5. The van der Waals surface area contributed by atoms with Crippen molar-refractivity contribution in [3.63, 3.8) is 0 Å². The number of hydrogen-bond donors (Lipinski definition) is 2. The first-order valence-corrected chi connectivity index (χ1v) is 11.4. The Kier molecular flexibility index (Phi) is 5.66. The second-order valence-electron chi connectivity index (χ2n) is 8.20. The maximum absolute atomic E-state index is 10.8. The van der Waals surface area contributed by atoms with Gasteiger partial charge in [-0.1, -0.05) is 59.8 Å². The van der Waals surface area contributed by atoms with Crippen molar-refractivity contribution in [1.29, 1.82) is 0 Å². The van der Waals surface area contributed by atoms with Gasteiger partial charge in [-0.25, -0.2) is 0 Å². The number of thiophene rings is 1. The average Bonchev–Trinajstić information content (AvgIpc) is 3.42.